The number of aliphatic hydroxyl groups excluding tert-OH is 3. The number of ether oxygens (including phenoxy) is 1. The van der Waals surface area contributed by atoms with Gasteiger partial charge in [0.15, 0.2) is 0 Å². The Kier molecular flexibility index (Phi) is 11.0. The van der Waals surface area contributed by atoms with Crippen LogP contribution in [0.15, 0.2) is 0 Å². The van der Waals surface area contributed by atoms with Crippen LogP contribution >= 0.6 is 0 Å². The summed E-state index contributed by atoms with van der Waals surface area (Å²) in [5, 5.41) is 24.0. The topological polar surface area (TPSA) is 87.0 Å². The minimum atomic E-state index is -0.954. The molecule has 0 fully saturated rings. The lowest BCUT2D eigenvalue weighted by Gasteiger charge is -1.96. The predicted octanol–water partition coefficient (Wildman–Crippen LogP) is -1.49. The Morgan fingerprint density at radius 1 is 1.45 bits per heavy atom. The van der Waals surface area contributed by atoms with Gasteiger partial charge in [-0.1, -0.05) is 0 Å². The van der Waals surface area contributed by atoms with Crippen LogP contribution in [0.25, 0.3) is 0 Å². The van der Waals surface area contributed by atoms with E-state index in [1.807, 2.05) is 0 Å². The zero-order valence-corrected chi connectivity index (χ0v) is 6.65. The summed E-state index contributed by atoms with van der Waals surface area (Å²) < 4.78 is 4.11. The molecular formula is C6H14O5. The highest BCUT2D eigenvalue weighted by atomic mass is 16.5. The third kappa shape index (κ3) is 17.6. The first-order chi connectivity index (χ1) is 5.08. The number of hydrogen-bond donors (Lipinski definition) is 3. The summed E-state index contributed by atoms with van der Waals surface area (Å²) in [7, 11) is 1.35. The molecule has 5 nitrogen and oxygen atoms in total. The van der Waals surface area contributed by atoms with Gasteiger partial charge in [0.05, 0.1) is 20.3 Å². The van der Waals surface area contributed by atoms with E-state index in [0.29, 0.717) is 0 Å². The molecule has 0 aliphatic rings. The van der Waals surface area contributed by atoms with Crippen molar-refractivity contribution in [3.05, 3.63) is 0 Å². The summed E-state index contributed by atoms with van der Waals surface area (Å²) in [4.78, 5) is 9.59. The van der Waals surface area contributed by atoms with E-state index < -0.39 is 6.10 Å². The molecule has 0 aliphatic heterocycles. The third-order valence-electron chi connectivity index (χ3n) is 0.709. The lowest BCUT2D eigenvalue weighted by Crippen LogP contribution is -2.15. The molecule has 0 radical (unpaired) electrons. The Morgan fingerprint density at radius 3 is 1.73 bits per heavy atom. The number of methoxy groups -OCH3 is 1. The van der Waals surface area contributed by atoms with Gasteiger partial charge in [-0.15, -0.1) is 0 Å². The van der Waals surface area contributed by atoms with Gasteiger partial charge >= 0.3 is 5.97 Å². The standard InChI is InChI=1S/C3H8O3.C3H6O2/c4-1-3(6)2-5;1-3(4)5-2/h3-6H,1-2H2;1-2H3. The van der Waals surface area contributed by atoms with E-state index in [-0.39, 0.29) is 19.2 Å². The number of rotatable bonds is 2. The fraction of sp³-hybridized carbons (Fsp3) is 0.833. The molecule has 0 atom stereocenters. The molecule has 0 aromatic carbocycles. The second kappa shape index (κ2) is 9.35. The summed E-state index contributed by atoms with van der Waals surface area (Å²) in [5.74, 6) is -0.245. The van der Waals surface area contributed by atoms with Gasteiger partial charge in [-0.05, 0) is 0 Å². The highest BCUT2D eigenvalue weighted by Crippen LogP contribution is 1.71. The first-order valence-corrected chi connectivity index (χ1v) is 3.02. The maximum atomic E-state index is 9.59. The molecule has 0 amide bonds. The average Bonchev–Trinajstić information content (AvgIpc) is 2.04. The van der Waals surface area contributed by atoms with Crippen LogP contribution in [0.3, 0.4) is 0 Å². The zero-order chi connectivity index (χ0) is 9.28. The van der Waals surface area contributed by atoms with Crippen LogP contribution in [0.1, 0.15) is 6.92 Å². The lowest BCUT2D eigenvalue weighted by atomic mass is 10.4. The first kappa shape index (κ1) is 13.0. The minimum absolute atomic E-state index is 0.245. The molecule has 5 heteroatoms. The highest BCUT2D eigenvalue weighted by molar-refractivity contribution is 5.65. The Morgan fingerprint density at radius 2 is 1.73 bits per heavy atom. The lowest BCUT2D eigenvalue weighted by molar-refractivity contribution is -0.137. The normalized spacial score (nSPS) is 8.55. The molecule has 0 unspecified atom stereocenters. The van der Waals surface area contributed by atoms with Crippen molar-refractivity contribution in [1.82, 2.24) is 0 Å². The largest absolute Gasteiger partial charge is 0.469 e. The van der Waals surface area contributed by atoms with Crippen LogP contribution in [0.2, 0.25) is 0 Å². The van der Waals surface area contributed by atoms with Gasteiger partial charge < -0.3 is 20.1 Å². The molecule has 0 rings (SSSR count). The minimum Gasteiger partial charge on any atom is -0.469 e. The highest BCUT2D eigenvalue weighted by Gasteiger charge is 1.93. The van der Waals surface area contributed by atoms with Crippen LogP contribution in [0, 0.1) is 0 Å². The number of hydrogen-bond acceptors (Lipinski definition) is 5. The molecular weight excluding hydrogens is 152 g/mol. The van der Waals surface area contributed by atoms with E-state index in [0.717, 1.165) is 0 Å². The van der Waals surface area contributed by atoms with E-state index in [1.54, 1.807) is 0 Å². The molecule has 0 saturated heterocycles. The van der Waals surface area contributed by atoms with Crippen molar-refractivity contribution in [2.45, 2.75) is 13.0 Å². The molecule has 0 aromatic heterocycles. The van der Waals surface area contributed by atoms with Crippen molar-refractivity contribution in [1.29, 1.82) is 0 Å². The molecule has 0 bridgehead atoms. The van der Waals surface area contributed by atoms with Crippen LogP contribution < -0.4 is 0 Å². The number of aliphatic hydroxyl groups is 3. The van der Waals surface area contributed by atoms with Crippen LogP contribution in [0.4, 0.5) is 0 Å². The van der Waals surface area contributed by atoms with Gasteiger partial charge in [0, 0.05) is 6.92 Å². The molecule has 0 heterocycles. The van der Waals surface area contributed by atoms with E-state index in [9.17, 15) is 4.79 Å². The monoisotopic (exact) mass is 166 g/mol. The maximum absolute atomic E-state index is 9.59. The quantitative estimate of drug-likeness (QED) is 0.435. The average molecular weight is 166 g/mol. The third-order valence-corrected chi connectivity index (χ3v) is 0.709. The van der Waals surface area contributed by atoms with Gasteiger partial charge in [-0.25, -0.2) is 0 Å². The molecule has 3 N–H and O–H groups in total. The van der Waals surface area contributed by atoms with Crippen LogP contribution in [-0.4, -0.2) is 47.7 Å². The second-order valence-corrected chi connectivity index (χ2v) is 1.71. The Hall–Kier alpha value is -0.650. The Bertz CT molecular complexity index is 89.0. The van der Waals surface area contributed by atoms with Crippen LogP contribution in [-0.2, 0) is 9.53 Å². The fourth-order valence-electron chi connectivity index (χ4n) is 0.0577. The summed E-state index contributed by atoms with van der Waals surface area (Å²) in [6, 6.07) is 0. The van der Waals surface area contributed by atoms with Gasteiger partial charge in [-0.3, -0.25) is 4.79 Å². The number of carbonyl (C=O) groups is 1. The van der Waals surface area contributed by atoms with Crippen LogP contribution in [0.5, 0.6) is 0 Å². The fourth-order valence-corrected chi connectivity index (χ4v) is 0.0577. The van der Waals surface area contributed by atoms with Gasteiger partial charge in [0.1, 0.15) is 6.10 Å². The van der Waals surface area contributed by atoms with Gasteiger partial charge in [-0.2, -0.15) is 0 Å². The van der Waals surface area contributed by atoms with E-state index in [1.165, 1.54) is 14.0 Å². The van der Waals surface area contributed by atoms with E-state index in [4.69, 9.17) is 15.3 Å². The van der Waals surface area contributed by atoms with Gasteiger partial charge in [0.2, 0.25) is 0 Å². The molecule has 0 spiro atoms. The number of carbonyl (C=O) groups excluding carboxylic acids is 1. The summed E-state index contributed by atoms with van der Waals surface area (Å²) in [6.07, 6.45) is -0.954. The SMILES string of the molecule is COC(C)=O.OCC(O)CO. The van der Waals surface area contributed by atoms with Crippen molar-refractivity contribution in [3.8, 4) is 0 Å². The number of esters is 1. The summed E-state index contributed by atoms with van der Waals surface area (Å²) >= 11 is 0. The smallest absolute Gasteiger partial charge is 0.302 e. The Balaban J connectivity index is 0. The van der Waals surface area contributed by atoms with Gasteiger partial charge in [0.25, 0.3) is 0 Å². The van der Waals surface area contributed by atoms with Crippen molar-refractivity contribution in [3.63, 3.8) is 0 Å². The molecule has 0 saturated carbocycles. The molecule has 68 valence electrons. The second-order valence-electron chi connectivity index (χ2n) is 1.71. The van der Waals surface area contributed by atoms with Crippen molar-refractivity contribution in [2.75, 3.05) is 20.3 Å². The summed E-state index contributed by atoms with van der Waals surface area (Å²) in [6.45, 7) is 0.632. The molecule has 0 aliphatic carbocycles. The maximum Gasteiger partial charge on any atom is 0.302 e. The van der Waals surface area contributed by atoms with Crippen molar-refractivity contribution < 1.29 is 24.9 Å². The molecule has 11 heavy (non-hydrogen) atoms. The Labute approximate surface area is 65.2 Å². The van der Waals surface area contributed by atoms with E-state index in [2.05, 4.69) is 4.74 Å². The summed E-state index contributed by atoms with van der Waals surface area (Å²) in [5.41, 5.74) is 0. The van der Waals surface area contributed by atoms with Crippen molar-refractivity contribution in [2.24, 2.45) is 0 Å². The first-order valence-electron chi connectivity index (χ1n) is 3.02. The molecule has 0 aromatic rings. The predicted molar refractivity (Wildman–Crippen MR) is 37.9 cm³/mol. The van der Waals surface area contributed by atoms with E-state index >= 15 is 0 Å². The van der Waals surface area contributed by atoms with Crippen molar-refractivity contribution >= 4 is 5.97 Å². The zero-order valence-electron chi connectivity index (χ0n) is 6.65.